The largest absolute Gasteiger partial charge is 0.254 e. The normalized spacial score (nSPS) is 8.62. The molecule has 0 aliphatic rings. The van der Waals surface area contributed by atoms with Gasteiger partial charge in [-0.15, -0.1) is 4.48 Å². The first-order valence-corrected chi connectivity index (χ1v) is 1.85. The lowest BCUT2D eigenvalue weighted by Crippen LogP contribution is -1.90. The highest BCUT2D eigenvalue weighted by Gasteiger charge is 1.86. The molecule has 5 heteroatoms. The molecule has 8 heavy (non-hydrogen) atoms. The Kier molecular flexibility index (Phi) is 1.32. The average molecular weight is 113 g/mol. The first-order chi connectivity index (χ1) is 3.93. The number of halogens is 1. The van der Waals surface area contributed by atoms with Crippen molar-refractivity contribution in [2.75, 3.05) is 5.54 Å². The lowest BCUT2D eigenvalue weighted by molar-refractivity contribution is 0.603. The van der Waals surface area contributed by atoms with Crippen LogP contribution in [-0.2, 0) is 0 Å². The van der Waals surface area contributed by atoms with Crippen molar-refractivity contribution in [3.05, 3.63) is 12.7 Å². The summed E-state index contributed by atoms with van der Waals surface area (Å²) in [5.74, 6) is -0.125. The second-order valence-electron chi connectivity index (χ2n) is 1.00. The minimum atomic E-state index is -0.125. The van der Waals surface area contributed by atoms with E-state index in [4.69, 9.17) is 0 Å². The fourth-order valence-corrected chi connectivity index (χ4v) is 0.260. The van der Waals surface area contributed by atoms with Crippen LogP contribution in [-0.4, -0.2) is 15.0 Å². The maximum Gasteiger partial charge on any atom is 0.254 e. The minimum Gasteiger partial charge on any atom is -0.213 e. The molecule has 0 fully saturated rings. The van der Waals surface area contributed by atoms with Gasteiger partial charge in [-0.25, -0.2) is 4.98 Å². The third kappa shape index (κ3) is 0.868. The first kappa shape index (κ1) is 4.89. The molecule has 0 saturated heterocycles. The van der Waals surface area contributed by atoms with Gasteiger partial charge in [0, 0.05) is 0 Å². The number of hydrogen-bond acceptors (Lipinski definition) is 4. The van der Waals surface area contributed by atoms with Gasteiger partial charge in [0.2, 0.25) is 6.33 Å². The van der Waals surface area contributed by atoms with Crippen LogP contribution in [0.1, 0.15) is 0 Å². The summed E-state index contributed by atoms with van der Waals surface area (Å²) in [5.41, 5.74) is 1.23. The van der Waals surface area contributed by atoms with E-state index in [1.165, 1.54) is 5.54 Å². The smallest absolute Gasteiger partial charge is 0.213 e. The zero-order valence-electron chi connectivity index (χ0n) is 3.80. The molecular weight excluding hydrogens is 111 g/mol. The molecule has 0 amide bonds. The zero-order valence-corrected chi connectivity index (χ0v) is 3.80. The highest BCUT2D eigenvalue weighted by molar-refractivity contribution is 5.14. The van der Waals surface area contributed by atoms with Gasteiger partial charge < -0.3 is 0 Å². The Balaban J connectivity index is 2.83. The van der Waals surface area contributed by atoms with Gasteiger partial charge in [-0.3, -0.25) is 0 Å². The molecule has 1 N–H and O–H groups in total. The van der Waals surface area contributed by atoms with Crippen LogP contribution in [0, 0.1) is 6.33 Å². The predicted molar refractivity (Wildman–Crippen MR) is 23.4 cm³/mol. The van der Waals surface area contributed by atoms with Gasteiger partial charge in [-0.1, -0.05) is 0 Å². The number of nitrogens with zero attached hydrogens (tertiary/aromatic N) is 3. The van der Waals surface area contributed by atoms with Crippen LogP contribution in [0.5, 0.6) is 0 Å². The van der Waals surface area contributed by atoms with Crippen molar-refractivity contribution < 1.29 is 4.48 Å². The molecular formula is C3H2FN4. The number of hydrogen-bond donors (Lipinski definition) is 1. The summed E-state index contributed by atoms with van der Waals surface area (Å²) in [6.07, 6.45) is 3.29. The summed E-state index contributed by atoms with van der Waals surface area (Å²) in [4.78, 5) is 9.96. The van der Waals surface area contributed by atoms with Crippen molar-refractivity contribution in [2.45, 2.75) is 0 Å². The Morgan fingerprint density at radius 1 is 1.75 bits per heavy atom. The van der Waals surface area contributed by atoms with Crippen LogP contribution in [0.15, 0.2) is 6.33 Å². The maximum absolute atomic E-state index is 11.3. The van der Waals surface area contributed by atoms with Gasteiger partial charge in [-0.05, 0) is 0 Å². The molecule has 1 aromatic heterocycles. The topological polar surface area (TPSA) is 50.7 Å². The summed E-state index contributed by atoms with van der Waals surface area (Å²) >= 11 is 0. The van der Waals surface area contributed by atoms with Crippen molar-refractivity contribution in [1.82, 2.24) is 15.0 Å². The third-order valence-corrected chi connectivity index (χ3v) is 0.536. The summed E-state index contributed by atoms with van der Waals surface area (Å²) < 4.78 is 11.3. The summed E-state index contributed by atoms with van der Waals surface area (Å²) in [6, 6.07) is 0. The fourth-order valence-electron chi connectivity index (χ4n) is 0.260. The molecule has 0 aliphatic heterocycles. The van der Waals surface area contributed by atoms with Crippen molar-refractivity contribution in [3.63, 3.8) is 0 Å². The molecule has 0 atom stereocenters. The number of anilines is 1. The molecule has 0 unspecified atom stereocenters. The van der Waals surface area contributed by atoms with Crippen LogP contribution in [0.2, 0.25) is 0 Å². The van der Waals surface area contributed by atoms with E-state index in [0.29, 0.717) is 0 Å². The van der Waals surface area contributed by atoms with Crippen molar-refractivity contribution in [1.29, 1.82) is 0 Å². The van der Waals surface area contributed by atoms with Crippen LogP contribution in [0.4, 0.5) is 10.4 Å². The Labute approximate surface area is 44.7 Å². The Morgan fingerprint density at radius 3 is 3.00 bits per heavy atom. The van der Waals surface area contributed by atoms with E-state index in [0.717, 1.165) is 6.33 Å². The lowest BCUT2D eigenvalue weighted by Gasteiger charge is -1.86. The Morgan fingerprint density at radius 2 is 2.62 bits per heavy atom. The van der Waals surface area contributed by atoms with E-state index in [1.54, 1.807) is 0 Å². The van der Waals surface area contributed by atoms with E-state index in [2.05, 4.69) is 21.3 Å². The maximum atomic E-state index is 11.3. The van der Waals surface area contributed by atoms with Crippen LogP contribution < -0.4 is 5.54 Å². The number of rotatable bonds is 1. The predicted octanol–water partition coefficient (Wildman–Crippen LogP) is -0.0318. The molecule has 0 bridgehead atoms. The summed E-state index contributed by atoms with van der Waals surface area (Å²) in [5, 5.41) is 0. The van der Waals surface area contributed by atoms with Crippen LogP contribution in [0.25, 0.3) is 0 Å². The summed E-state index contributed by atoms with van der Waals surface area (Å²) in [7, 11) is 0. The molecule has 1 rings (SSSR count). The van der Waals surface area contributed by atoms with Crippen molar-refractivity contribution in [2.24, 2.45) is 0 Å². The van der Waals surface area contributed by atoms with Gasteiger partial charge in [0.25, 0.3) is 5.95 Å². The Bertz CT molecular complexity index is 153. The molecule has 0 aliphatic carbocycles. The molecule has 0 spiro atoms. The van der Waals surface area contributed by atoms with Crippen LogP contribution in [0.3, 0.4) is 0 Å². The SMILES string of the molecule is FNc1n[c]ncn1. The van der Waals surface area contributed by atoms with Gasteiger partial charge in [0.05, 0.1) is 0 Å². The zero-order chi connectivity index (χ0) is 5.82. The highest BCUT2D eigenvalue weighted by atomic mass is 19.2. The van der Waals surface area contributed by atoms with E-state index >= 15 is 0 Å². The van der Waals surface area contributed by atoms with Gasteiger partial charge >= 0.3 is 0 Å². The van der Waals surface area contributed by atoms with Gasteiger partial charge in [0.15, 0.2) is 0 Å². The van der Waals surface area contributed by atoms with E-state index in [-0.39, 0.29) is 5.95 Å². The van der Waals surface area contributed by atoms with Crippen molar-refractivity contribution >= 4 is 5.95 Å². The van der Waals surface area contributed by atoms with E-state index < -0.39 is 0 Å². The number of aromatic nitrogens is 3. The molecule has 41 valence electrons. The first-order valence-electron chi connectivity index (χ1n) is 1.85. The molecule has 0 aromatic carbocycles. The van der Waals surface area contributed by atoms with Crippen LogP contribution >= 0.6 is 0 Å². The molecule has 1 radical (unpaired) electrons. The lowest BCUT2D eigenvalue weighted by atomic mass is 11.0. The fraction of sp³-hybridized carbons (Fsp3) is 0. The molecule has 0 saturated carbocycles. The number of nitrogens with one attached hydrogen (secondary N) is 1. The van der Waals surface area contributed by atoms with E-state index in [1.807, 2.05) is 0 Å². The van der Waals surface area contributed by atoms with Crippen molar-refractivity contribution in [3.8, 4) is 0 Å². The second kappa shape index (κ2) is 2.15. The highest BCUT2D eigenvalue weighted by Crippen LogP contribution is 1.88. The quantitative estimate of drug-likeness (QED) is 0.519. The standard InChI is InChI=1S/C3H2FN4/c4-8-3-6-1-5-2-7-3/h1H,(H,5,6,7,8). The van der Waals surface area contributed by atoms with E-state index in [9.17, 15) is 4.48 Å². The summed E-state index contributed by atoms with van der Waals surface area (Å²) in [6.45, 7) is 0. The third-order valence-electron chi connectivity index (χ3n) is 0.536. The minimum absolute atomic E-state index is 0.125. The average Bonchev–Trinajstić information content (AvgIpc) is 1.90. The second-order valence-corrected chi connectivity index (χ2v) is 1.00. The molecule has 1 aromatic rings. The molecule has 4 nitrogen and oxygen atoms in total. The van der Waals surface area contributed by atoms with Gasteiger partial charge in [-0.2, -0.15) is 15.5 Å². The Hall–Kier alpha value is -1.26. The monoisotopic (exact) mass is 113 g/mol. The van der Waals surface area contributed by atoms with Gasteiger partial charge in [0.1, 0.15) is 6.33 Å². The molecule has 1 heterocycles.